The molecule has 1 aliphatic heterocycles. The van der Waals surface area contributed by atoms with E-state index < -0.39 is 0 Å². The summed E-state index contributed by atoms with van der Waals surface area (Å²) >= 11 is 0. The quantitative estimate of drug-likeness (QED) is 0.170. The van der Waals surface area contributed by atoms with Gasteiger partial charge >= 0.3 is 0 Å². The first-order valence-corrected chi connectivity index (χ1v) is 19.7. The number of anilines is 3. The van der Waals surface area contributed by atoms with Gasteiger partial charge in [-0.3, -0.25) is 0 Å². The number of fused-ring (bicyclic) bond motifs is 8. The Morgan fingerprint density at radius 2 is 0.966 bits per heavy atom. The van der Waals surface area contributed by atoms with E-state index in [0.717, 1.165) is 106 Å². The molecule has 11 aromatic rings. The molecule has 272 valence electrons. The molecule has 0 aliphatic carbocycles. The highest BCUT2D eigenvalue weighted by molar-refractivity contribution is 6.14. The van der Waals surface area contributed by atoms with Crippen LogP contribution in [0.1, 0.15) is 0 Å². The third-order valence-corrected chi connectivity index (χ3v) is 11.6. The van der Waals surface area contributed by atoms with Crippen molar-refractivity contribution in [3.63, 3.8) is 0 Å². The minimum atomic E-state index is 0.860. The number of hydrogen-bond donors (Lipinski definition) is 0. The fourth-order valence-electron chi connectivity index (χ4n) is 9.07. The van der Waals surface area contributed by atoms with E-state index in [0.29, 0.717) is 0 Å². The van der Waals surface area contributed by atoms with Crippen LogP contribution in [0.15, 0.2) is 211 Å². The maximum absolute atomic E-state index is 6.66. The van der Waals surface area contributed by atoms with E-state index in [2.05, 4.69) is 198 Å². The molecular weight excluding hydrogens is 709 g/mol. The summed E-state index contributed by atoms with van der Waals surface area (Å²) in [6.07, 6.45) is 0. The highest BCUT2D eigenvalue weighted by atomic mass is 16.5. The molecule has 0 amide bonds. The van der Waals surface area contributed by atoms with Crippen molar-refractivity contribution in [3.05, 3.63) is 206 Å². The Bertz CT molecular complexity index is 3390. The predicted octanol–water partition coefficient (Wildman–Crippen LogP) is 15.3. The van der Waals surface area contributed by atoms with Crippen molar-refractivity contribution in [2.45, 2.75) is 0 Å². The molecule has 0 spiro atoms. The van der Waals surface area contributed by atoms with Crippen molar-refractivity contribution in [1.82, 2.24) is 4.57 Å². The van der Waals surface area contributed by atoms with Crippen LogP contribution >= 0.6 is 0 Å². The largest absolute Gasteiger partial charge is 0.455 e. The predicted molar refractivity (Wildman–Crippen MR) is 239 cm³/mol. The molecule has 0 atom stereocenters. The molecule has 1 aliphatic rings. The summed E-state index contributed by atoms with van der Waals surface area (Å²) in [5.74, 6) is 1.73. The molecule has 9 aromatic carbocycles. The van der Waals surface area contributed by atoms with E-state index in [-0.39, 0.29) is 0 Å². The number of ether oxygens (including phenoxy) is 1. The molecule has 4 heteroatoms. The number of para-hydroxylation sites is 8. The summed E-state index contributed by atoms with van der Waals surface area (Å²) < 4.78 is 15.5. The molecule has 0 radical (unpaired) electrons. The Morgan fingerprint density at radius 1 is 0.379 bits per heavy atom. The van der Waals surface area contributed by atoms with E-state index in [1.54, 1.807) is 0 Å². The van der Waals surface area contributed by atoms with Gasteiger partial charge < -0.3 is 18.6 Å². The Morgan fingerprint density at radius 3 is 1.79 bits per heavy atom. The molecule has 0 saturated heterocycles. The normalized spacial score (nSPS) is 11.9. The van der Waals surface area contributed by atoms with Crippen LogP contribution in [0, 0.1) is 0 Å². The molecule has 4 nitrogen and oxygen atoms in total. The summed E-state index contributed by atoms with van der Waals surface area (Å²) in [4.78, 5) is 2.44. The van der Waals surface area contributed by atoms with Crippen LogP contribution in [0.2, 0.25) is 0 Å². The fraction of sp³-hybridized carbons (Fsp3) is 0. The molecule has 0 N–H and O–H groups in total. The second kappa shape index (κ2) is 12.9. The van der Waals surface area contributed by atoms with Gasteiger partial charge in [0.25, 0.3) is 0 Å². The summed E-state index contributed by atoms with van der Waals surface area (Å²) in [6, 6.07) is 73.2. The maximum atomic E-state index is 6.66. The Hall–Kier alpha value is -7.82. The number of benzene rings is 9. The van der Waals surface area contributed by atoms with Crippen LogP contribution in [0.3, 0.4) is 0 Å². The second-order valence-electron chi connectivity index (χ2n) is 14.8. The average molecular weight is 743 g/mol. The van der Waals surface area contributed by atoms with Crippen molar-refractivity contribution < 1.29 is 9.15 Å². The Labute approximate surface area is 335 Å². The van der Waals surface area contributed by atoms with Crippen LogP contribution < -0.4 is 9.64 Å². The van der Waals surface area contributed by atoms with Gasteiger partial charge in [-0.25, -0.2) is 0 Å². The van der Waals surface area contributed by atoms with Crippen LogP contribution in [-0.4, -0.2) is 4.57 Å². The molecule has 0 unspecified atom stereocenters. The molecule has 0 saturated carbocycles. The van der Waals surface area contributed by atoms with E-state index in [4.69, 9.17) is 9.15 Å². The highest BCUT2D eigenvalue weighted by Crippen LogP contribution is 2.50. The van der Waals surface area contributed by atoms with Gasteiger partial charge in [-0.2, -0.15) is 0 Å². The molecule has 3 heterocycles. The number of furan rings is 1. The first kappa shape index (κ1) is 32.4. The van der Waals surface area contributed by atoms with Crippen LogP contribution in [0.5, 0.6) is 11.5 Å². The maximum Gasteiger partial charge on any atom is 0.152 e. The average Bonchev–Trinajstić information content (AvgIpc) is 3.84. The number of hydrogen-bond acceptors (Lipinski definition) is 3. The molecule has 0 bridgehead atoms. The summed E-state index contributed by atoms with van der Waals surface area (Å²) in [5.41, 5.74) is 14.9. The first-order chi connectivity index (χ1) is 28.8. The number of nitrogens with zero attached hydrogens (tertiary/aromatic N) is 2. The van der Waals surface area contributed by atoms with E-state index in [1.807, 2.05) is 18.2 Å². The van der Waals surface area contributed by atoms with Gasteiger partial charge in [-0.1, -0.05) is 152 Å². The third-order valence-electron chi connectivity index (χ3n) is 11.6. The van der Waals surface area contributed by atoms with E-state index in [9.17, 15) is 0 Å². The van der Waals surface area contributed by atoms with Gasteiger partial charge in [0.2, 0.25) is 0 Å². The van der Waals surface area contributed by atoms with Gasteiger partial charge in [-0.05, 0) is 65.7 Å². The molecule has 2 aromatic heterocycles. The van der Waals surface area contributed by atoms with Gasteiger partial charge in [0, 0.05) is 43.8 Å². The molecule has 58 heavy (non-hydrogen) atoms. The van der Waals surface area contributed by atoms with Crippen molar-refractivity contribution >= 4 is 60.8 Å². The smallest absolute Gasteiger partial charge is 0.152 e. The van der Waals surface area contributed by atoms with Gasteiger partial charge in [0.15, 0.2) is 11.5 Å². The zero-order valence-corrected chi connectivity index (χ0v) is 31.3. The van der Waals surface area contributed by atoms with Gasteiger partial charge in [0.05, 0.1) is 33.8 Å². The Balaban J connectivity index is 1.12. The summed E-state index contributed by atoms with van der Waals surface area (Å²) in [7, 11) is 0. The van der Waals surface area contributed by atoms with Crippen LogP contribution in [-0.2, 0) is 0 Å². The van der Waals surface area contributed by atoms with Crippen molar-refractivity contribution in [2.75, 3.05) is 4.90 Å². The van der Waals surface area contributed by atoms with Crippen LogP contribution in [0.4, 0.5) is 17.1 Å². The number of rotatable bonds is 6. The monoisotopic (exact) mass is 742 g/mol. The number of aromatic nitrogens is 1. The van der Waals surface area contributed by atoms with Crippen molar-refractivity contribution in [3.8, 4) is 50.6 Å². The van der Waals surface area contributed by atoms with Gasteiger partial charge in [0.1, 0.15) is 11.2 Å². The molecule has 12 rings (SSSR count). The van der Waals surface area contributed by atoms with Crippen molar-refractivity contribution in [2.24, 2.45) is 0 Å². The standard InChI is InChI=1S/C54H34N2O2/c1-2-16-35(17-3-1)37-18-4-8-25-45(37)55(47-27-10-6-20-39(47)42-23-14-24-43-40-21-7-12-29-50(40)58-54(42)43)46-26-9-5-19-38(46)36-32-33-48-44(34-36)41-22-15-31-52-53(41)56(48)49-28-11-13-30-51(49)57-52/h1-34H. The lowest BCUT2D eigenvalue weighted by Gasteiger charge is -2.31. The SMILES string of the molecule is c1ccc(-c2ccccc2N(c2ccccc2-c2ccc3c(c2)c2cccc4c2n3-c2ccccc2O4)c2ccccc2-c2cccc3c2oc2ccccc23)cc1. The van der Waals surface area contributed by atoms with Crippen LogP contribution in [0.25, 0.3) is 82.8 Å². The van der Waals surface area contributed by atoms with E-state index in [1.165, 1.54) is 5.39 Å². The molecular formula is C54H34N2O2. The fourth-order valence-corrected chi connectivity index (χ4v) is 9.07. The summed E-state index contributed by atoms with van der Waals surface area (Å²) in [5, 5.41) is 4.56. The Kier molecular flexibility index (Phi) is 7.20. The first-order valence-electron chi connectivity index (χ1n) is 19.7. The zero-order chi connectivity index (χ0) is 38.2. The lowest BCUT2D eigenvalue weighted by Crippen LogP contribution is -2.13. The second-order valence-corrected chi connectivity index (χ2v) is 14.8. The molecule has 0 fully saturated rings. The van der Waals surface area contributed by atoms with Gasteiger partial charge in [-0.15, -0.1) is 0 Å². The topological polar surface area (TPSA) is 30.5 Å². The zero-order valence-electron chi connectivity index (χ0n) is 31.3. The minimum Gasteiger partial charge on any atom is -0.455 e. The highest BCUT2D eigenvalue weighted by Gasteiger charge is 2.26. The third kappa shape index (κ3) is 4.88. The lowest BCUT2D eigenvalue weighted by atomic mass is 9.95. The van der Waals surface area contributed by atoms with E-state index >= 15 is 0 Å². The van der Waals surface area contributed by atoms with Crippen molar-refractivity contribution in [1.29, 1.82) is 0 Å². The minimum absolute atomic E-state index is 0.860. The lowest BCUT2D eigenvalue weighted by molar-refractivity contribution is 0.476. The summed E-state index contributed by atoms with van der Waals surface area (Å²) in [6.45, 7) is 0.